The Balaban J connectivity index is 1.82. The Labute approximate surface area is 131 Å². The molecule has 120 valence electrons. The second kappa shape index (κ2) is 6.04. The van der Waals surface area contributed by atoms with Crippen LogP contribution in [0, 0.1) is 6.92 Å². The quantitative estimate of drug-likeness (QED) is 0.897. The Hall–Kier alpha value is -2.96. The molecule has 2 N–H and O–H groups in total. The lowest BCUT2D eigenvalue weighted by Gasteiger charge is -2.19. The number of carbonyl (C=O) groups excluding carboxylic acids is 1. The Kier molecular flexibility index (Phi) is 3.92. The average Bonchev–Trinajstić information content (AvgIpc) is 2.87. The SMILES string of the molecule is Cc1coc(CC(=O)O)c1C(=O)Nc1ccc2c(c1)OCCO2. The molecule has 0 saturated heterocycles. The van der Waals surface area contributed by atoms with E-state index in [1.54, 1.807) is 25.1 Å². The number of carbonyl (C=O) groups is 2. The largest absolute Gasteiger partial charge is 0.486 e. The third-order valence-corrected chi connectivity index (χ3v) is 3.39. The highest BCUT2D eigenvalue weighted by Gasteiger charge is 2.21. The Morgan fingerprint density at radius 3 is 2.70 bits per heavy atom. The van der Waals surface area contributed by atoms with Crippen LogP contribution in [0.25, 0.3) is 0 Å². The Morgan fingerprint density at radius 2 is 1.96 bits per heavy atom. The highest BCUT2D eigenvalue weighted by atomic mass is 16.6. The summed E-state index contributed by atoms with van der Waals surface area (Å²) in [5, 5.41) is 11.6. The van der Waals surface area contributed by atoms with Crippen molar-refractivity contribution < 1.29 is 28.6 Å². The summed E-state index contributed by atoms with van der Waals surface area (Å²) in [7, 11) is 0. The van der Waals surface area contributed by atoms with Crippen molar-refractivity contribution in [1.29, 1.82) is 0 Å². The van der Waals surface area contributed by atoms with Gasteiger partial charge in [-0.1, -0.05) is 0 Å². The van der Waals surface area contributed by atoms with Crippen LogP contribution in [0.4, 0.5) is 5.69 Å². The first kappa shape index (κ1) is 15.0. The minimum atomic E-state index is -1.06. The molecular weight excluding hydrogens is 302 g/mol. The maximum absolute atomic E-state index is 12.4. The van der Waals surface area contributed by atoms with Gasteiger partial charge in [-0.05, 0) is 19.1 Å². The highest BCUT2D eigenvalue weighted by Crippen LogP contribution is 2.33. The number of hydrogen-bond donors (Lipinski definition) is 2. The molecular formula is C16H15NO6. The van der Waals surface area contributed by atoms with E-state index in [0.717, 1.165) is 0 Å². The van der Waals surface area contributed by atoms with Crippen molar-refractivity contribution >= 4 is 17.6 Å². The summed E-state index contributed by atoms with van der Waals surface area (Å²) in [6.45, 7) is 2.63. The molecule has 0 saturated carbocycles. The number of ether oxygens (including phenoxy) is 2. The number of hydrogen-bond acceptors (Lipinski definition) is 5. The number of fused-ring (bicyclic) bond motifs is 1. The van der Waals surface area contributed by atoms with E-state index in [2.05, 4.69) is 5.32 Å². The van der Waals surface area contributed by atoms with E-state index in [0.29, 0.717) is 36.0 Å². The van der Waals surface area contributed by atoms with Crippen LogP contribution in [0.2, 0.25) is 0 Å². The first-order valence-electron chi connectivity index (χ1n) is 7.04. The Morgan fingerprint density at radius 1 is 1.22 bits per heavy atom. The lowest BCUT2D eigenvalue weighted by Crippen LogP contribution is -2.17. The molecule has 0 fully saturated rings. The standard InChI is InChI=1S/C16H15NO6/c1-9-8-23-13(7-14(18)19)15(9)16(20)17-10-2-3-11-12(6-10)22-5-4-21-11/h2-3,6,8H,4-5,7H2,1H3,(H,17,20)(H,18,19). The first-order chi connectivity index (χ1) is 11.0. The molecule has 0 radical (unpaired) electrons. The van der Waals surface area contributed by atoms with Gasteiger partial charge in [0.05, 0.1) is 11.8 Å². The van der Waals surface area contributed by atoms with Crippen LogP contribution >= 0.6 is 0 Å². The summed E-state index contributed by atoms with van der Waals surface area (Å²) >= 11 is 0. The van der Waals surface area contributed by atoms with Crippen molar-refractivity contribution in [2.24, 2.45) is 0 Å². The molecule has 1 aliphatic heterocycles. The molecule has 0 spiro atoms. The molecule has 2 heterocycles. The number of rotatable bonds is 4. The van der Waals surface area contributed by atoms with Crippen LogP contribution in [0.15, 0.2) is 28.9 Å². The van der Waals surface area contributed by atoms with Gasteiger partial charge in [0, 0.05) is 17.3 Å². The van der Waals surface area contributed by atoms with Gasteiger partial charge in [0.25, 0.3) is 5.91 Å². The zero-order valence-electron chi connectivity index (χ0n) is 12.4. The van der Waals surface area contributed by atoms with Crippen LogP contribution in [0.1, 0.15) is 21.7 Å². The van der Waals surface area contributed by atoms with Gasteiger partial charge in [-0.3, -0.25) is 9.59 Å². The fourth-order valence-electron chi connectivity index (χ4n) is 2.39. The number of anilines is 1. The van der Waals surface area contributed by atoms with E-state index in [4.69, 9.17) is 19.0 Å². The van der Waals surface area contributed by atoms with Crippen LogP contribution < -0.4 is 14.8 Å². The number of carboxylic acid groups (broad SMARTS) is 1. The molecule has 1 aliphatic rings. The molecule has 1 aromatic heterocycles. The number of nitrogens with one attached hydrogen (secondary N) is 1. The van der Waals surface area contributed by atoms with Crippen LogP contribution in [-0.2, 0) is 11.2 Å². The van der Waals surface area contributed by atoms with Gasteiger partial charge in [-0.25, -0.2) is 0 Å². The molecule has 0 bridgehead atoms. The van der Waals surface area contributed by atoms with Gasteiger partial charge >= 0.3 is 5.97 Å². The molecule has 7 nitrogen and oxygen atoms in total. The van der Waals surface area contributed by atoms with Gasteiger partial charge in [0.2, 0.25) is 0 Å². The van der Waals surface area contributed by atoms with Crippen molar-refractivity contribution in [3.05, 3.63) is 41.3 Å². The molecule has 0 unspecified atom stereocenters. The zero-order chi connectivity index (χ0) is 16.4. The summed E-state index contributed by atoms with van der Waals surface area (Å²) in [6, 6.07) is 5.07. The summed E-state index contributed by atoms with van der Waals surface area (Å²) in [5.41, 5.74) is 1.35. The number of furan rings is 1. The highest BCUT2D eigenvalue weighted by molar-refractivity contribution is 6.06. The van der Waals surface area contributed by atoms with E-state index < -0.39 is 11.9 Å². The van der Waals surface area contributed by atoms with Crippen molar-refractivity contribution in [2.75, 3.05) is 18.5 Å². The van der Waals surface area contributed by atoms with Crippen molar-refractivity contribution in [2.45, 2.75) is 13.3 Å². The van der Waals surface area contributed by atoms with Crippen LogP contribution in [-0.4, -0.2) is 30.2 Å². The topological polar surface area (TPSA) is 98.0 Å². The molecule has 1 aromatic carbocycles. The first-order valence-corrected chi connectivity index (χ1v) is 7.04. The second-order valence-corrected chi connectivity index (χ2v) is 5.10. The summed E-state index contributed by atoms with van der Waals surface area (Å²) in [5.74, 6) is -0.175. The van der Waals surface area contributed by atoms with E-state index in [1.807, 2.05) is 0 Å². The zero-order valence-corrected chi connectivity index (χ0v) is 12.4. The van der Waals surface area contributed by atoms with Crippen LogP contribution in [0.5, 0.6) is 11.5 Å². The van der Waals surface area contributed by atoms with Crippen molar-refractivity contribution in [3.63, 3.8) is 0 Å². The fraction of sp³-hybridized carbons (Fsp3) is 0.250. The summed E-state index contributed by atoms with van der Waals surface area (Å²) in [4.78, 5) is 23.3. The molecule has 7 heteroatoms. The monoisotopic (exact) mass is 317 g/mol. The lowest BCUT2D eigenvalue weighted by atomic mass is 10.1. The molecule has 1 amide bonds. The van der Waals surface area contributed by atoms with Crippen molar-refractivity contribution in [3.8, 4) is 11.5 Å². The van der Waals surface area contributed by atoms with Gasteiger partial charge in [-0.15, -0.1) is 0 Å². The van der Waals surface area contributed by atoms with Crippen molar-refractivity contribution in [1.82, 2.24) is 0 Å². The normalized spacial score (nSPS) is 12.7. The third kappa shape index (κ3) is 3.13. The lowest BCUT2D eigenvalue weighted by molar-refractivity contribution is -0.136. The summed E-state index contributed by atoms with van der Waals surface area (Å²) < 4.78 is 16.1. The Bertz CT molecular complexity index is 764. The number of benzene rings is 1. The summed E-state index contributed by atoms with van der Waals surface area (Å²) in [6.07, 6.45) is 1.02. The molecule has 3 rings (SSSR count). The molecule has 23 heavy (non-hydrogen) atoms. The van der Waals surface area contributed by atoms with E-state index in [-0.39, 0.29) is 17.7 Å². The average molecular weight is 317 g/mol. The maximum atomic E-state index is 12.4. The van der Waals surface area contributed by atoms with Gasteiger partial charge in [0.1, 0.15) is 25.4 Å². The molecule has 0 atom stereocenters. The molecule has 2 aromatic rings. The van der Waals surface area contributed by atoms with E-state index >= 15 is 0 Å². The maximum Gasteiger partial charge on any atom is 0.311 e. The third-order valence-electron chi connectivity index (χ3n) is 3.39. The number of aliphatic carboxylic acids is 1. The second-order valence-electron chi connectivity index (χ2n) is 5.10. The minimum absolute atomic E-state index is 0.130. The van der Waals surface area contributed by atoms with E-state index in [1.165, 1.54) is 6.26 Å². The van der Waals surface area contributed by atoms with Gasteiger partial charge in [0.15, 0.2) is 11.5 Å². The number of aryl methyl sites for hydroxylation is 1. The smallest absolute Gasteiger partial charge is 0.311 e. The van der Waals surface area contributed by atoms with Gasteiger partial charge < -0.3 is 24.3 Å². The predicted molar refractivity (Wildman–Crippen MR) is 80.2 cm³/mol. The number of carboxylic acids is 1. The van der Waals surface area contributed by atoms with Crippen LogP contribution in [0.3, 0.4) is 0 Å². The molecule has 0 aliphatic carbocycles. The predicted octanol–water partition coefficient (Wildman–Crippen LogP) is 2.24. The fourth-order valence-corrected chi connectivity index (χ4v) is 2.39. The van der Waals surface area contributed by atoms with Gasteiger partial charge in [-0.2, -0.15) is 0 Å². The van der Waals surface area contributed by atoms with E-state index in [9.17, 15) is 9.59 Å². The number of amides is 1. The minimum Gasteiger partial charge on any atom is -0.486 e.